The van der Waals surface area contributed by atoms with Crippen molar-refractivity contribution in [3.05, 3.63) is 11.7 Å². The summed E-state index contributed by atoms with van der Waals surface area (Å²) >= 11 is 0. The second-order valence-electron chi connectivity index (χ2n) is 6.95. The zero-order chi connectivity index (χ0) is 14.9. The number of aromatic nitrogens is 2. The highest BCUT2D eigenvalue weighted by atomic mass is 16.5. The van der Waals surface area contributed by atoms with Gasteiger partial charge in [0.2, 0.25) is 5.89 Å². The summed E-state index contributed by atoms with van der Waals surface area (Å²) in [5.74, 6) is 1.28. The number of rotatable bonds is 2. The molecular weight excluding hydrogens is 254 g/mol. The van der Waals surface area contributed by atoms with E-state index in [0.717, 1.165) is 31.9 Å². The molecule has 1 aliphatic heterocycles. The SMILES string of the molecule is CN1CCCN(C)C(c2noc([C@H](N)C(C)(C)C)n2)C1. The Morgan fingerprint density at radius 2 is 2.00 bits per heavy atom. The highest BCUT2D eigenvalue weighted by Gasteiger charge is 2.31. The molecule has 1 unspecified atom stereocenters. The Hall–Kier alpha value is -0.980. The topological polar surface area (TPSA) is 71.4 Å². The Kier molecular flexibility index (Phi) is 4.46. The third-order valence-corrected chi connectivity index (χ3v) is 4.02. The van der Waals surface area contributed by atoms with Gasteiger partial charge in [0.25, 0.3) is 0 Å². The average Bonchev–Trinajstić information content (AvgIpc) is 2.76. The molecule has 2 heterocycles. The summed E-state index contributed by atoms with van der Waals surface area (Å²) in [6.45, 7) is 9.30. The highest BCUT2D eigenvalue weighted by molar-refractivity contribution is 5.01. The first-order chi connectivity index (χ1) is 9.29. The van der Waals surface area contributed by atoms with Gasteiger partial charge in [-0.3, -0.25) is 4.90 Å². The normalized spacial score (nSPS) is 24.6. The Balaban J connectivity index is 2.18. The number of likely N-dealkylation sites (N-methyl/N-ethyl adjacent to an activating group) is 2. The summed E-state index contributed by atoms with van der Waals surface area (Å²) in [5.41, 5.74) is 6.10. The first-order valence-corrected chi connectivity index (χ1v) is 7.27. The van der Waals surface area contributed by atoms with Crippen molar-refractivity contribution < 1.29 is 4.52 Å². The van der Waals surface area contributed by atoms with Crippen LogP contribution in [-0.2, 0) is 0 Å². The van der Waals surface area contributed by atoms with Crippen LogP contribution in [0, 0.1) is 5.41 Å². The van der Waals surface area contributed by atoms with E-state index in [0.29, 0.717) is 5.89 Å². The molecule has 0 aliphatic carbocycles. The quantitative estimate of drug-likeness (QED) is 0.884. The fourth-order valence-corrected chi connectivity index (χ4v) is 2.43. The van der Waals surface area contributed by atoms with Gasteiger partial charge in [0, 0.05) is 6.54 Å². The van der Waals surface area contributed by atoms with Gasteiger partial charge in [0.15, 0.2) is 5.82 Å². The van der Waals surface area contributed by atoms with Gasteiger partial charge >= 0.3 is 0 Å². The van der Waals surface area contributed by atoms with Crippen LogP contribution in [0.3, 0.4) is 0 Å². The molecule has 2 rings (SSSR count). The lowest BCUT2D eigenvalue weighted by molar-refractivity contribution is 0.213. The summed E-state index contributed by atoms with van der Waals surface area (Å²) in [6.07, 6.45) is 1.16. The Labute approximate surface area is 121 Å². The Bertz CT molecular complexity index is 439. The molecule has 1 fully saturated rings. The number of nitrogens with zero attached hydrogens (tertiary/aromatic N) is 4. The summed E-state index contributed by atoms with van der Waals surface area (Å²) < 4.78 is 5.40. The van der Waals surface area contributed by atoms with E-state index in [1.54, 1.807) is 0 Å². The van der Waals surface area contributed by atoms with E-state index in [1.807, 2.05) is 0 Å². The van der Waals surface area contributed by atoms with Crippen molar-refractivity contribution in [3.63, 3.8) is 0 Å². The maximum Gasteiger partial charge on any atom is 0.244 e. The van der Waals surface area contributed by atoms with Crippen molar-refractivity contribution >= 4 is 0 Å². The van der Waals surface area contributed by atoms with Crippen molar-refractivity contribution in [2.24, 2.45) is 11.1 Å². The van der Waals surface area contributed by atoms with E-state index >= 15 is 0 Å². The van der Waals surface area contributed by atoms with Crippen LogP contribution >= 0.6 is 0 Å². The standard InChI is InChI=1S/C14H27N5O/c1-14(2,3)11(15)13-16-12(17-20-13)10-9-18(4)7-6-8-19(10)5/h10-11H,6-9,15H2,1-5H3/t10?,11-/m0/s1. The van der Waals surface area contributed by atoms with E-state index in [1.165, 1.54) is 0 Å². The summed E-state index contributed by atoms with van der Waals surface area (Å²) in [5, 5.41) is 4.17. The number of hydrogen-bond donors (Lipinski definition) is 1. The fourth-order valence-electron chi connectivity index (χ4n) is 2.43. The van der Waals surface area contributed by atoms with E-state index in [-0.39, 0.29) is 17.5 Å². The zero-order valence-electron chi connectivity index (χ0n) is 13.3. The summed E-state index contributed by atoms with van der Waals surface area (Å²) in [4.78, 5) is 9.16. The molecule has 1 saturated heterocycles. The molecule has 0 saturated carbocycles. The van der Waals surface area contributed by atoms with Gasteiger partial charge < -0.3 is 15.2 Å². The van der Waals surface area contributed by atoms with Crippen molar-refractivity contribution in [2.45, 2.75) is 39.3 Å². The van der Waals surface area contributed by atoms with Crippen LogP contribution in [0.4, 0.5) is 0 Å². The van der Waals surface area contributed by atoms with Crippen molar-refractivity contribution in [1.82, 2.24) is 19.9 Å². The fraction of sp³-hybridized carbons (Fsp3) is 0.857. The summed E-state index contributed by atoms with van der Waals surface area (Å²) in [6, 6.07) is -0.0651. The van der Waals surface area contributed by atoms with Gasteiger partial charge in [-0.2, -0.15) is 4.98 Å². The van der Waals surface area contributed by atoms with Crippen LogP contribution in [0.1, 0.15) is 51.0 Å². The van der Waals surface area contributed by atoms with Crippen LogP contribution in [0.15, 0.2) is 4.52 Å². The molecule has 0 aromatic carbocycles. The maximum absolute atomic E-state index is 6.19. The van der Waals surface area contributed by atoms with Gasteiger partial charge in [-0.25, -0.2) is 0 Å². The van der Waals surface area contributed by atoms with Crippen molar-refractivity contribution in [2.75, 3.05) is 33.7 Å². The average molecular weight is 281 g/mol. The molecule has 114 valence electrons. The van der Waals surface area contributed by atoms with Gasteiger partial charge in [0.05, 0.1) is 12.1 Å². The Morgan fingerprint density at radius 1 is 1.30 bits per heavy atom. The molecule has 6 heteroatoms. The monoisotopic (exact) mass is 281 g/mol. The highest BCUT2D eigenvalue weighted by Crippen LogP contribution is 2.30. The van der Waals surface area contributed by atoms with Crippen molar-refractivity contribution in [3.8, 4) is 0 Å². The first kappa shape index (κ1) is 15.4. The molecule has 0 radical (unpaired) electrons. The second-order valence-corrected chi connectivity index (χ2v) is 6.95. The van der Waals surface area contributed by atoms with Gasteiger partial charge in [-0.05, 0) is 39.0 Å². The molecule has 0 spiro atoms. The zero-order valence-corrected chi connectivity index (χ0v) is 13.3. The minimum Gasteiger partial charge on any atom is -0.338 e. The third kappa shape index (κ3) is 3.37. The predicted octanol–water partition coefficient (Wildman–Crippen LogP) is 1.42. The second kappa shape index (κ2) is 5.79. The molecule has 1 aromatic heterocycles. The molecule has 0 amide bonds. The largest absolute Gasteiger partial charge is 0.338 e. The van der Waals surface area contributed by atoms with E-state index in [9.17, 15) is 0 Å². The van der Waals surface area contributed by atoms with Gasteiger partial charge in [-0.1, -0.05) is 25.9 Å². The van der Waals surface area contributed by atoms with E-state index in [2.05, 4.69) is 54.8 Å². The third-order valence-electron chi connectivity index (χ3n) is 4.02. The minimum atomic E-state index is -0.238. The molecule has 2 atom stereocenters. The molecular formula is C14H27N5O. The van der Waals surface area contributed by atoms with Gasteiger partial charge in [0.1, 0.15) is 0 Å². The molecule has 2 N–H and O–H groups in total. The predicted molar refractivity (Wildman–Crippen MR) is 78.2 cm³/mol. The van der Waals surface area contributed by atoms with Crippen molar-refractivity contribution in [1.29, 1.82) is 0 Å². The lowest BCUT2D eigenvalue weighted by atomic mass is 9.87. The molecule has 0 bridgehead atoms. The number of hydrogen-bond acceptors (Lipinski definition) is 6. The molecule has 1 aromatic rings. The van der Waals surface area contributed by atoms with E-state index < -0.39 is 0 Å². The maximum atomic E-state index is 6.19. The molecule has 20 heavy (non-hydrogen) atoms. The molecule has 6 nitrogen and oxygen atoms in total. The van der Waals surface area contributed by atoms with Crippen LogP contribution in [-0.4, -0.2) is 53.7 Å². The minimum absolute atomic E-state index is 0.0874. The van der Waals surface area contributed by atoms with Crippen LogP contribution in [0.25, 0.3) is 0 Å². The lowest BCUT2D eigenvalue weighted by Gasteiger charge is -2.25. The smallest absolute Gasteiger partial charge is 0.244 e. The summed E-state index contributed by atoms with van der Waals surface area (Å²) in [7, 11) is 4.25. The van der Waals surface area contributed by atoms with Crippen LogP contribution < -0.4 is 5.73 Å². The van der Waals surface area contributed by atoms with E-state index in [4.69, 9.17) is 10.3 Å². The van der Waals surface area contributed by atoms with Gasteiger partial charge in [-0.15, -0.1) is 0 Å². The van der Waals surface area contributed by atoms with Crippen LogP contribution in [0.2, 0.25) is 0 Å². The lowest BCUT2D eigenvalue weighted by Crippen LogP contribution is -2.31. The molecule has 1 aliphatic rings. The van der Waals surface area contributed by atoms with Crippen LogP contribution in [0.5, 0.6) is 0 Å². The Morgan fingerprint density at radius 3 is 2.65 bits per heavy atom. The first-order valence-electron chi connectivity index (χ1n) is 7.27. The number of nitrogens with two attached hydrogens (primary N) is 1.